The van der Waals surface area contributed by atoms with Crippen LogP contribution in [0.5, 0.6) is 0 Å². The van der Waals surface area contributed by atoms with Gasteiger partial charge in [0.05, 0.1) is 19.8 Å². The molecule has 0 aromatic heterocycles. The van der Waals surface area contributed by atoms with Crippen LogP contribution in [0.2, 0.25) is 0 Å². The molecule has 0 radical (unpaired) electrons. The summed E-state index contributed by atoms with van der Waals surface area (Å²) in [7, 11) is 0. The smallest absolute Gasteiger partial charge is 0.308 e. The van der Waals surface area contributed by atoms with Gasteiger partial charge in [-0.15, -0.1) is 0 Å². The van der Waals surface area contributed by atoms with Crippen LogP contribution in [0.1, 0.15) is 96.8 Å². The van der Waals surface area contributed by atoms with E-state index in [4.69, 9.17) is 14.2 Å². The number of esters is 1. The van der Waals surface area contributed by atoms with Gasteiger partial charge in [0.25, 0.3) is 5.79 Å². The second-order valence-electron chi connectivity index (χ2n) is 11.6. The normalized spacial score (nSPS) is 35.2. The Balaban J connectivity index is 1.90. The lowest BCUT2D eigenvalue weighted by Crippen LogP contribution is -2.78. The topological polar surface area (TPSA) is 207 Å². The van der Waals surface area contributed by atoms with Crippen molar-refractivity contribution in [3.05, 3.63) is 12.2 Å². The average molecular weight is 607 g/mol. The first-order chi connectivity index (χ1) is 20.2. The largest absolute Gasteiger partial charge is 0.427 e. The molecule has 9 unspecified atom stereocenters. The maximum absolute atomic E-state index is 13.0. The van der Waals surface area contributed by atoms with Crippen LogP contribution < -0.4 is 0 Å². The summed E-state index contributed by atoms with van der Waals surface area (Å²) < 4.78 is 16.7. The van der Waals surface area contributed by atoms with Gasteiger partial charge in [-0.05, 0) is 32.1 Å². The quantitative estimate of drug-likeness (QED) is 0.0544. The Morgan fingerprint density at radius 3 is 1.74 bits per heavy atom. The zero-order valence-corrected chi connectivity index (χ0v) is 24.9. The lowest BCUT2D eigenvalue weighted by atomic mass is 9.78. The first kappa shape index (κ1) is 37.0. The number of allylic oxidation sites excluding steroid dienone is 2. The highest BCUT2D eigenvalue weighted by Gasteiger charge is 2.74. The Morgan fingerprint density at radius 2 is 1.21 bits per heavy atom. The first-order valence-electron chi connectivity index (χ1n) is 15.6. The molecule has 246 valence electrons. The highest BCUT2D eigenvalue weighted by atomic mass is 16.8. The van der Waals surface area contributed by atoms with Gasteiger partial charge in [-0.25, -0.2) is 0 Å². The SMILES string of the molecule is CCCCCCCCC=CCCCCCCCC(=O)OC1(C2(CO)OC(CO)C(O)C2O)OC(CO)C(O)C(O)C1O. The molecule has 2 rings (SSSR count). The number of aliphatic hydroxyl groups is 8. The fraction of sp³-hybridized carbons (Fsp3) is 0.900. The van der Waals surface area contributed by atoms with Crippen LogP contribution in [-0.2, 0) is 19.0 Å². The molecule has 42 heavy (non-hydrogen) atoms. The first-order valence-corrected chi connectivity index (χ1v) is 15.6. The van der Waals surface area contributed by atoms with E-state index < -0.39 is 79.9 Å². The summed E-state index contributed by atoms with van der Waals surface area (Å²) in [6.45, 7) is -0.652. The van der Waals surface area contributed by atoms with Gasteiger partial charge in [0.15, 0.2) is 11.7 Å². The fourth-order valence-corrected chi connectivity index (χ4v) is 5.79. The van der Waals surface area contributed by atoms with Crippen molar-refractivity contribution in [2.75, 3.05) is 19.8 Å². The molecule has 8 N–H and O–H groups in total. The minimum atomic E-state index is -2.84. The summed E-state index contributed by atoms with van der Waals surface area (Å²) in [5.41, 5.74) is -2.56. The second kappa shape index (κ2) is 18.6. The molecule has 12 heteroatoms. The van der Waals surface area contributed by atoms with Crippen molar-refractivity contribution in [2.24, 2.45) is 0 Å². The van der Waals surface area contributed by atoms with E-state index in [2.05, 4.69) is 19.1 Å². The van der Waals surface area contributed by atoms with Crippen molar-refractivity contribution in [3.8, 4) is 0 Å². The Kier molecular flexibility index (Phi) is 16.4. The van der Waals surface area contributed by atoms with Crippen LogP contribution in [-0.4, -0.2) is 121 Å². The van der Waals surface area contributed by atoms with Gasteiger partial charge in [0.1, 0.15) is 36.6 Å². The number of hydrogen-bond acceptors (Lipinski definition) is 12. The minimum absolute atomic E-state index is 0.137. The number of carbonyl (C=O) groups is 1. The van der Waals surface area contributed by atoms with Gasteiger partial charge < -0.3 is 55.1 Å². The predicted octanol–water partition coefficient (Wildman–Crippen LogP) is 0.581. The molecule has 0 spiro atoms. The number of aliphatic hydroxyl groups excluding tert-OH is 8. The third kappa shape index (κ3) is 8.93. The zero-order valence-electron chi connectivity index (χ0n) is 24.9. The molecular formula is C30H54O12. The third-order valence-electron chi connectivity index (χ3n) is 8.41. The molecule has 0 aromatic rings. The molecule has 0 saturated carbocycles. The average Bonchev–Trinajstić information content (AvgIpc) is 3.25. The Bertz CT molecular complexity index is 794. The van der Waals surface area contributed by atoms with E-state index in [1.807, 2.05) is 0 Å². The highest BCUT2D eigenvalue weighted by molar-refractivity contribution is 5.70. The molecule has 2 saturated heterocycles. The molecule has 2 aliphatic rings. The van der Waals surface area contributed by atoms with Crippen molar-refractivity contribution in [1.82, 2.24) is 0 Å². The molecule has 2 fully saturated rings. The van der Waals surface area contributed by atoms with Crippen molar-refractivity contribution in [2.45, 2.75) is 151 Å². The van der Waals surface area contributed by atoms with E-state index in [1.165, 1.54) is 38.5 Å². The maximum Gasteiger partial charge on any atom is 0.308 e. The molecule has 0 amide bonds. The lowest BCUT2D eigenvalue weighted by Gasteiger charge is -2.54. The lowest BCUT2D eigenvalue weighted by molar-refractivity contribution is -0.415. The number of rotatable bonds is 20. The maximum atomic E-state index is 13.0. The van der Waals surface area contributed by atoms with Crippen LogP contribution in [0.4, 0.5) is 0 Å². The van der Waals surface area contributed by atoms with Crippen LogP contribution in [0.25, 0.3) is 0 Å². The van der Waals surface area contributed by atoms with Gasteiger partial charge in [-0.1, -0.05) is 70.4 Å². The van der Waals surface area contributed by atoms with Crippen LogP contribution >= 0.6 is 0 Å². The number of hydrogen-bond donors (Lipinski definition) is 8. The van der Waals surface area contributed by atoms with Crippen molar-refractivity contribution < 1.29 is 59.9 Å². The van der Waals surface area contributed by atoms with E-state index in [9.17, 15) is 45.6 Å². The van der Waals surface area contributed by atoms with Crippen LogP contribution in [0.15, 0.2) is 12.2 Å². The molecule has 2 heterocycles. The van der Waals surface area contributed by atoms with E-state index in [1.54, 1.807) is 0 Å². The fourth-order valence-electron chi connectivity index (χ4n) is 5.79. The van der Waals surface area contributed by atoms with Crippen LogP contribution in [0.3, 0.4) is 0 Å². The summed E-state index contributed by atoms with van der Waals surface area (Å²) in [6.07, 6.45) is 5.17. The Morgan fingerprint density at radius 1 is 0.690 bits per heavy atom. The van der Waals surface area contributed by atoms with Crippen molar-refractivity contribution >= 4 is 5.97 Å². The van der Waals surface area contributed by atoms with Gasteiger partial charge in [-0.3, -0.25) is 4.79 Å². The standard InChI is InChI=1S/C30H54O12/c1-2-3-4-5-6-7-8-9-10-11-12-13-14-15-16-17-23(34)42-30(28(39)26(37)24(35)21(18-31)41-30)29(20-33)27(38)25(36)22(19-32)40-29/h9-10,21-22,24-28,31-33,35-39H,2-8,11-20H2,1H3. The number of unbranched alkanes of at least 4 members (excludes halogenated alkanes) is 11. The van der Waals surface area contributed by atoms with E-state index in [0.29, 0.717) is 12.8 Å². The Hall–Kier alpha value is -1.19. The van der Waals surface area contributed by atoms with Gasteiger partial charge in [-0.2, -0.15) is 0 Å². The Labute approximate surface area is 248 Å². The third-order valence-corrected chi connectivity index (χ3v) is 8.41. The summed E-state index contributed by atoms with van der Waals surface area (Å²) in [4.78, 5) is 13.0. The van der Waals surface area contributed by atoms with E-state index in [-0.39, 0.29) is 6.42 Å². The molecule has 2 aliphatic heterocycles. The molecule has 0 aromatic carbocycles. The summed E-state index contributed by atoms with van der Waals surface area (Å²) >= 11 is 0. The summed E-state index contributed by atoms with van der Waals surface area (Å²) in [5, 5.41) is 82.7. The predicted molar refractivity (Wildman–Crippen MR) is 152 cm³/mol. The van der Waals surface area contributed by atoms with Gasteiger partial charge >= 0.3 is 5.97 Å². The summed E-state index contributed by atoms with van der Waals surface area (Å²) in [5.74, 6) is -3.76. The zero-order chi connectivity index (χ0) is 31.2. The number of ether oxygens (including phenoxy) is 3. The van der Waals surface area contributed by atoms with Gasteiger partial charge in [0.2, 0.25) is 0 Å². The monoisotopic (exact) mass is 606 g/mol. The molecule has 9 atom stereocenters. The van der Waals surface area contributed by atoms with Crippen molar-refractivity contribution in [1.29, 1.82) is 0 Å². The minimum Gasteiger partial charge on any atom is -0.427 e. The molecular weight excluding hydrogens is 552 g/mol. The van der Waals surface area contributed by atoms with E-state index >= 15 is 0 Å². The van der Waals surface area contributed by atoms with Crippen LogP contribution in [0, 0.1) is 0 Å². The number of carbonyl (C=O) groups excluding carboxylic acids is 1. The van der Waals surface area contributed by atoms with E-state index in [0.717, 1.165) is 32.1 Å². The molecule has 12 nitrogen and oxygen atoms in total. The summed E-state index contributed by atoms with van der Waals surface area (Å²) in [6, 6.07) is 0. The highest BCUT2D eigenvalue weighted by Crippen LogP contribution is 2.48. The van der Waals surface area contributed by atoms with Crippen molar-refractivity contribution in [3.63, 3.8) is 0 Å². The van der Waals surface area contributed by atoms with Gasteiger partial charge in [0, 0.05) is 6.42 Å². The molecule has 0 aliphatic carbocycles. The second-order valence-corrected chi connectivity index (χ2v) is 11.6. The molecule has 0 bridgehead atoms.